The molecule has 118 valence electrons. The zero-order valence-electron chi connectivity index (χ0n) is 13.5. The highest BCUT2D eigenvalue weighted by Crippen LogP contribution is 2.46. The van der Waals surface area contributed by atoms with Gasteiger partial charge in [0.1, 0.15) is 4.88 Å². The maximum Gasteiger partial charge on any atom is 0.267 e. The highest BCUT2D eigenvalue weighted by atomic mass is 32.1. The number of aromatic nitrogens is 2. The standard InChI is InChI=1S/C15H25N3O2S/c1-6-7-8-20-12-9-11(15(12,3)4)18(5)14(19)13-10(2)16-17-21-13/h11-12H,6-9H2,1-5H3/t11-,12-/m1/s1. The Morgan fingerprint density at radius 3 is 2.76 bits per heavy atom. The minimum Gasteiger partial charge on any atom is -0.378 e. The van der Waals surface area contributed by atoms with Crippen LogP contribution >= 0.6 is 11.5 Å². The number of carbonyl (C=O) groups is 1. The lowest BCUT2D eigenvalue weighted by atomic mass is 9.63. The smallest absolute Gasteiger partial charge is 0.267 e. The van der Waals surface area contributed by atoms with Crippen molar-refractivity contribution < 1.29 is 9.53 Å². The molecule has 2 atom stereocenters. The van der Waals surface area contributed by atoms with Gasteiger partial charge in [-0.25, -0.2) is 0 Å². The third kappa shape index (κ3) is 3.11. The number of hydrogen-bond donors (Lipinski definition) is 0. The van der Waals surface area contributed by atoms with E-state index < -0.39 is 0 Å². The summed E-state index contributed by atoms with van der Waals surface area (Å²) in [6.45, 7) is 9.16. The molecule has 0 aromatic carbocycles. The molecule has 0 spiro atoms. The van der Waals surface area contributed by atoms with Gasteiger partial charge < -0.3 is 9.64 Å². The number of ether oxygens (including phenoxy) is 1. The number of amides is 1. The van der Waals surface area contributed by atoms with Gasteiger partial charge in [0.15, 0.2) is 0 Å². The molecule has 0 aliphatic heterocycles. The number of rotatable bonds is 6. The van der Waals surface area contributed by atoms with Crippen LogP contribution in [-0.2, 0) is 4.74 Å². The summed E-state index contributed by atoms with van der Waals surface area (Å²) in [5.41, 5.74) is 0.703. The number of nitrogens with zero attached hydrogens (tertiary/aromatic N) is 3. The van der Waals surface area contributed by atoms with Crippen molar-refractivity contribution in [3.05, 3.63) is 10.6 Å². The Bertz CT molecular complexity index is 501. The SMILES string of the molecule is CCCCO[C@@H]1C[C@@H](N(C)C(=O)c2snnc2C)C1(C)C. The first kappa shape index (κ1) is 16.4. The van der Waals surface area contributed by atoms with E-state index in [2.05, 4.69) is 30.4 Å². The van der Waals surface area contributed by atoms with Gasteiger partial charge in [-0.2, -0.15) is 0 Å². The summed E-state index contributed by atoms with van der Waals surface area (Å²) in [7, 11) is 1.87. The molecule has 2 rings (SSSR count). The fraction of sp³-hybridized carbons (Fsp3) is 0.800. The first-order valence-electron chi connectivity index (χ1n) is 7.57. The quantitative estimate of drug-likeness (QED) is 0.758. The van der Waals surface area contributed by atoms with Gasteiger partial charge in [-0.1, -0.05) is 31.7 Å². The van der Waals surface area contributed by atoms with Crippen molar-refractivity contribution in [2.75, 3.05) is 13.7 Å². The van der Waals surface area contributed by atoms with E-state index in [1.165, 1.54) is 11.5 Å². The average molecular weight is 311 g/mol. The molecule has 1 saturated carbocycles. The van der Waals surface area contributed by atoms with Gasteiger partial charge in [-0.05, 0) is 31.3 Å². The second-order valence-corrected chi connectivity index (χ2v) is 7.14. The average Bonchev–Trinajstić information content (AvgIpc) is 2.86. The van der Waals surface area contributed by atoms with Crippen LogP contribution in [0.1, 0.15) is 55.4 Å². The predicted octanol–water partition coefficient (Wildman–Crippen LogP) is 2.90. The van der Waals surface area contributed by atoms with Crippen LogP contribution in [-0.4, -0.2) is 46.2 Å². The molecule has 5 nitrogen and oxygen atoms in total. The summed E-state index contributed by atoms with van der Waals surface area (Å²) >= 11 is 1.17. The largest absolute Gasteiger partial charge is 0.378 e. The minimum atomic E-state index is -0.00975. The van der Waals surface area contributed by atoms with Gasteiger partial charge >= 0.3 is 0 Å². The summed E-state index contributed by atoms with van der Waals surface area (Å²) in [6.07, 6.45) is 3.39. The second-order valence-electron chi connectivity index (χ2n) is 6.39. The molecule has 21 heavy (non-hydrogen) atoms. The second kappa shape index (κ2) is 6.40. The van der Waals surface area contributed by atoms with Gasteiger partial charge in [-0.15, -0.1) is 5.10 Å². The van der Waals surface area contributed by atoms with E-state index in [0.29, 0.717) is 10.6 Å². The first-order chi connectivity index (χ1) is 9.89. The summed E-state index contributed by atoms with van der Waals surface area (Å²) in [6, 6.07) is 0.207. The lowest BCUT2D eigenvalue weighted by Crippen LogP contribution is -2.62. The highest BCUT2D eigenvalue weighted by molar-refractivity contribution is 7.07. The van der Waals surface area contributed by atoms with Crippen LogP contribution in [0, 0.1) is 12.3 Å². The third-order valence-corrected chi connectivity index (χ3v) is 5.39. The molecule has 1 aliphatic carbocycles. The highest BCUT2D eigenvalue weighted by Gasteiger charge is 2.52. The Hall–Kier alpha value is -1.01. The molecular weight excluding hydrogens is 286 g/mol. The van der Waals surface area contributed by atoms with E-state index >= 15 is 0 Å². The fourth-order valence-electron chi connectivity index (χ4n) is 2.90. The topological polar surface area (TPSA) is 55.3 Å². The van der Waals surface area contributed by atoms with Crippen molar-refractivity contribution in [1.29, 1.82) is 0 Å². The summed E-state index contributed by atoms with van der Waals surface area (Å²) in [5, 5.41) is 3.92. The number of unbranched alkanes of at least 4 members (excludes halogenated alkanes) is 1. The Morgan fingerprint density at radius 2 is 2.24 bits per heavy atom. The lowest BCUT2D eigenvalue weighted by molar-refractivity contribution is -0.140. The van der Waals surface area contributed by atoms with E-state index in [0.717, 1.165) is 25.9 Å². The molecule has 1 heterocycles. The van der Waals surface area contributed by atoms with Crippen molar-refractivity contribution in [3.8, 4) is 0 Å². The van der Waals surface area contributed by atoms with Crippen LogP contribution in [0.15, 0.2) is 0 Å². The lowest BCUT2D eigenvalue weighted by Gasteiger charge is -2.54. The monoisotopic (exact) mass is 311 g/mol. The van der Waals surface area contributed by atoms with Crippen LogP contribution < -0.4 is 0 Å². The van der Waals surface area contributed by atoms with Gasteiger partial charge in [0.05, 0.1) is 11.8 Å². The number of aryl methyl sites for hydroxylation is 1. The minimum absolute atomic E-state index is 0.00975. The zero-order valence-corrected chi connectivity index (χ0v) is 14.4. The maximum atomic E-state index is 12.5. The van der Waals surface area contributed by atoms with Gasteiger partial charge in [0, 0.05) is 25.1 Å². The molecule has 1 aromatic rings. The zero-order chi connectivity index (χ0) is 15.6. The van der Waals surface area contributed by atoms with Crippen LogP contribution in [0.25, 0.3) is 0 Å². The van der Waals surface area contributed by atoms with Crippen LogP contribution in [0.5, 0.6) is 0 Å². The van der Waals surface area contributed by atoms with E-state index in [4.69, 9.17) is 4.74 Å². The Kier molecular flexibility index (Phi) is 4.99. The molecule has 0 bridgehead atoms. The summed E-state index contributed by atoms with van der Waals surface area (Å²) in [4.78, 5) is 15.0. The first-order valence-corrected chi connectivity index (χ1v) is 8.34. The molecule has 6 heteroatoms. The molecule has 0 saturated heterocycles. The normalized spacial score (nSPS) is 23.7. The van der Waals surface area contributed by atoms with Crippen molar-refractivity contribution in [1.82, 2.24) is 14.5 Å². The van der Waals surface area contributed by atoms with Crippen LogP contribution in [0.2, 0.25) is 0 Å². The molecular formula is C15H25N3O2S. The predicted molar refractivity (Wildman–Crippen MR) is 83.6 cm³/mol. The fourth-order valence-corrected chi connectivity index (χ4v) is 3.54. The van der Waals surface area contributed by atoms with E-state index in [-0.39, 0.29) is 23.5 Å². The summed E-state index contributed by atoms with van der Waals surface area (Å²) < 4.78 is 9.80. The Morgan fingerprint density at radius 1 is 1.52 bits per heavy atom. The summed E-state index contributed by atoms with van der Waals surface area (Å²) in [5.74, 6) is 0.0209. The van der Waals surface area contributed by atoms with E-state index in [9.17, 15) is 4.79 Å². The van der Waals surface area contributed by atoms with Gasteiger partial charge in [-0.3, -0.25) is 4.79 Å². The van der Waals surface area contributed by atoms with Gasteiger partial charge in [0.2, 0.25) is 0 Å². The molecule has 1 fully saturated rings. The van der Waals surface area contributed by atoms with Crippen molar-refractivity contribution in [2.24, 2.45) is 5.41 Å². The number of hydrogen-bond acceptors (Lipinski definition) is 5. The molecule has 0 N–H and O–H groups in total. The van der Waals surface area contributed by atoms with Crippen LogP contribution in [0.4, 0.5) is 0 Å². The van der Waals surface area contributed by atoms with E-state index in [1.54, 1.807) is 0 Å². The third-order valence-electron chi connectivity index (χ3n) is 4.58. The van der Waals surface area contributed by atoms with Gasteiger partial charge in [0.25, 0.3) is 5.91 Å². The Balaban J connectivity index is 1.97. The molecule has 1 aliphatic rings. The Labute approximate surface area is 130 Å². The molecule has 1 aromatic heterocycles. The maximum absolute atomic E-state index is 12.5. The number of carbonyl (C=O) groups excluding carboxylic acids is 1. The van der Waals surface area contributed by atoms with Crippen molar-refractivity contribution >= 4 is 17.4 Å². The van der Waals surface area contributed by atoms with E-state index in [1.807, 2.05) is 18.9 Å². The van der Waals surface area contributed by atoms with Crippen LogP contribution in [0.3, 0.4) is 0 Å². The molecule has 0 radical (unpaired) electrons. The van der Waals surface area contributed by atoms with Crippen molar-refractivity contribution in [3.63, 3.8) is 0 Å². The molecule has 1 amide bonds. The van der Waals surface area contributed by atoms with Crippen molar-refractivity contribution in [2.45, 2.75) is 59.1 Å². The molecule has 0 unspecified atom stereocenters.